The molecular formula is C18H25N3OS. The molecule has 0 amide bonds. The highest BCUT2D eigenvalue weighted by Crippen LogP contribution is 2.17. The second kappa shape index (κ2) is 8.58. The third-order valence-corrected chi connectivity index (χ3v) is 4.53. The molecular weight excluding hydrogens is 306 g/mol. The monoisotopic (exact) mass is 331 g/mol. The number of nitrogens with zero attached hydrogens (tertiary/aromatic N) is 2. The lowest BCUT2D eigenvalue weighted by Gasteiger charge is -2.23. The Morgan fingerprint density at radius 1 is 1.30 bits per heavy atom. The lowest BCUT2D eigenvalue weighted by atomic mass is 10.1. The Labute approximate surface area is 142 Å². The van der Waals surface area contributed by atoms with Crippen LogP contribution in [0, 0.1) is 0 Å². The van der Waals surface area contributed by atoms with Crippen molar-refractivity contribution in [3.63, 3.8) is 0 Å². The summed E-state index contributed by atoms with van der Waals surface area (Å²) in [5.74, 6) is 2.25. The van der Waals surface area contributed by atoms with Crippen LogP contribution in [0.3, 0.4) is 0 Å². The minimum Gasteiger partial charge on any atom is -0.497 e. The molecule has 0 saturated heterocycles. The van der Waals surface area contributed by atoms with E-state index >= 15 is 0 Å². The molecule has 23 heavy (non-hydrogen) atoms. The molecule has 0 fully saturated rings. The van der Waals surface area contributed by atoms with Gasteiger partial charge in [-0.25, -0.2) is 0 Å². The third-order valence-electron chi connectivity index (χ3n) is 3.83. The van der Waals surface area contributed by atoms with Crippen molar-refractivity contribution in [1.29, 1.82) is 0 Å². The van der Waals surface area contributed by atoms with Crippen LogP contribution in [0.25, 0.3) is 0 Å². The zero-order chi connectivity index (χ0) is 16.7. The minimum absolute atomic E-state index is 0.465. The number of hydrogen-bond donors (Lipinski definition) is 1. The molecule has 1 atom stereocenters. The molecule has 0 aliphatic carbocycles. The molecule has 2 aromatic rings. The number of ether oxygens (including phenoxy) is 1. The standard InChI is InChI=1S/C18H25N3OS/c1-14(16-9-10-23-13-16)11-20-18(19-2)21(3)12-15-5-7-17(22-4)8-6-15/h5-10,13-14H,11-12H2,1-4H3,(H,19,20). The molecule has 1 unspecified atom stereocenters. The number of hydrogen-bond acceptors (Lipinski definition) is 3. The van der Waals surface area contributed by atoms with Gasteiger partial charge in [0.1, 0.15) is 5.75 Å². The van der Waals surface area contributed by atoms with Gasteiger partial charge in [0.25, 0.3) is 0 Å². The molecule has 2 rings (SSSR count). The van der Waals surface area contributed by atoms with Crippen LogP contribution in [0.2, 0.25) is 0 Å². The molecule has 0 aliphatic heterocycles. The first-order valence-corrected chi connectivity index (χ1v) is 8.65. The number of thiophene rings is 1. The predicted octanol–water partition coefficient (Wildman–Crippen LogP) is 3.57. The van der Waals surface area contributed by atoms with Crippen molar-refractivity contribution in [2.45, 2.75) is 19.4 Å². The van der Waals surface area contributed by atoms with Gasteiger partial charge < -0.3 is 15.0 Å². The first-order valence-electron chi connectivity index (χ1n) is 7.71. The largest absolute Gasteiger partial charge is 0.497 e. The van der Waals surface area contributed by atoms with Gasteiger partial charge in [0.05, 0.1) is 7.11 Å². The van der Waals surface area contributed by atoms with Gasteiger partial charge in [-0.05, 0) is 46.0 Å². The summed E-state index contributed by atoms with van der Waals surface area (Å²) in [5, 5.41) is 7.78. The van der Waals surface area contributed by atoms with E-state index < -0.39 is 0 Å². The first-order chi connectivity index (χ1) is 11.1. The van der Waals surface area contributed by atoms with E-state index in [1.165, 1.54) is 11.1 Å². The van der Waals surface area contributed by atoms with Gasteiger partial charge in [0, 0.05) is 27.2 Å². The Kier molecular flexibility index (Phi) is 6.47. The second-order valence-electron chi connectivity index (χ2n) is 5.59. The average Bonchev–Trinajstić information content (AvgIpc) is 3.10. The zero-order valence-corrected chi connectivity index (χ0v) is 15.1. The van der Waals surface area contributed by atoms with Gasteiger partial charge in [-0.2, -0.15) is 11.3 Å². The first kappa shape index (κ1) is 17.3. The molecule has 0 saturated carbocycles. The SMILES string of the molecule is CN=C(NCC(C)c1ccsc1)N(C)Cc1ccc(OC)cc1. The van der Waals surface area contributed by atoms with Crippen LogP contribution in [0.4, 0.5) is 0 Å². The number of aliphatic imine (C=N–C) groups is 1. The summed E-state index contributed by atoms with van der Waals surface area (Å²) < 4.78 is 5.19. The summed E-state index contributed by atoms with van der Waals surface area (Å²) in [7, 11) is 5.55. The molecule has 0 radical (unpaired) electrons. The predicted molar refractivity (Wildman–Crippen MR) is 98.6 cm³/mol. The van der Waals surface area contributed by atoms with Gasteiger partial charge in [-0.15, -0.1) is 0 Å². The van der Waals surface area contributed by atoms with E-state index in [4.69, 9.17) is 4.74 Å². The van der Waals surface area contributed by atoms with E-state index in [1.54, 1.807) is 18.4 Å². The van der Waals surface area contributed by atoms with E-state index in [0.717, 1.165) is 24.8 Å². The highest BCUT2D eigenvalue weighted by atomic mass is 32.1. The molecule has 124 valence electrons. The maximum absolute atomic E-state index is 5.19. The van der Waals surface area contributed by atoms with E-state index in [1.807, 2.05) is 19.2 Å². The molecule has 4 nitrogen and oxygen atoms in total. The summed E-state index contributed by atoms with van der Waals surface area (Å²) in [5.41, 5.74) is 2.60. The Hall–Kier alpha value is -2.01. The van der Waals surface area contributed by atoms with Gasteiger partial charge in [-0.1, -0.05) is 19.1 Å². The van der Waals surface area contributed by atoms with Crippen molar-refractivity contribution in [2.24, 2.45) is 4.99 Å². The molecule has 1 aromatic heterocycles. The lowest BCUT2D eigenvalue weighted by molar-refractivity contribution is 0.414. The van der Waals surface area contributed by atoms with Crippen LogP contribution < -0.4 is 10.1 Å². The average molecular weight is 331 g/mol. The molecule has 5 heteroatoms. The minimum atomic E-state index is 0.465. The number of methoxy groups -OCH3 is 1. The topological polar surface area (TPSA) is 36.9 Å². The maximum Gasteiger partial charge on any atom is 0.193 e. The van der Waals surface area contributed by atoms with Crippen LogP contribution in [-0.2, 0) is 6.54 Å². The third kappa shape index (κ3) is 4.99. The van der Waals surface area contributed by atoms with Gasteiger partial charge in [-0.3, -0.25) is 4.99 Å². The summed E-state index contributed by atoms with van der Waals surface area (Å²) >= 11 is 1.74. The highest BCUT2D eigenvalue weighted by molar-refractivity contribution is 7.07. The molecule has 1 heterocycles. The fourth-order valence-corrected chi connectivity index (χ4v) is 3.16. The van der Waals surface area contributed by atoms with Crippen LogP contribution >= 0.6 is 11.3 Å². The van der Waals surface area contributed by atoms with Crippen molar-refractivity contribution in [3.05, 3.63) is 52.2 Å². The fraction of sp³-hybridized carbons (Fsp3) is 0.389. The van der Waals surface area contributed by atoms with Crippen molar-refractivity contribution in [1.82, 2.24) is 10.2 Å². The molecule has 1 aromatic carbocycles. The number of rotatable bonds is 6. The van der Waals surface area contributed by atoms with Crippen LogP contribution in [-0.4, -0.2) is 38.6 Å². The molecule has 0 bridgehead atoms. The van der Waals surface area contributed by atoms with Crippen molar-refractivity contribution < 1.29 is 4.74 Å². The molecule has 1 N–H and O–H groups in total. The molecule has 0 spiro atoms. The van der Waals surface area contributed by atoms with Crippen molar-refractivity contribution >= 4 is 17.3 Å². The van der Waals surface area contributed by atoms with Gasteiger partial charge in [0.15, 0.2) is 5.96 Å². The Bertz CT molecular complexity index is 608. The fourth-order valence-electron chi connectivity index (χ4n) is 2.38. The second-order valence-corrected chi connectivity index (χ2v) is 6.37. The normalized spacial score (nSPS) is 12.8. The zero-order valence-electron chi connectivity index (χ0n) is 14.2. The van der Waals surface area contributed by atoms with Crippen LogP contribution in [0.15, 0.2) is 46.1 Å². The summed E-state index contributed by atoms with van der Waals surface area (Å²) in [6.45, 7) is 3.90. The maximum atomic E-state index is 5.19. The Morgan fingerprint density at radius 3 is 2.61 bits per heavy atom. The quantitative estimate of drug-likeness (QED) is 0.649. The Morgan fingerprint density at radius 2 is 2.04 bits per heavy atom. The van der Waals surface area contributed by atoms with Gasteiger partial charge in [0.2, 0.25) is 0 Å². The molecule has 0 aliphatic rings. The smallest absolute Gasteiger partial charge is 0.193 e. The van der Waals surface area contributed by atoms with E-state index in [-0.39, 0.29) is 0 Å². The van der Waals surface area contributed by atoms with Crippen LogP contribution in [0.5, 0.6) is 5.75 Å². The van der Waals surface area contributed by atoms with E-state index in [2.05, 4.69) is 58.1 Å². The lowest BCUT2D eigenvalue weighted by Crippen LogP contribution is -2.40. The number of guanidine groups is 1. The van der Waals surface area contributed by atoms with E-state index in [0.29, 0.717) is 5.92 Å². The number of nitrogens with one attached hydrogen (secondary N) is 1. The summed E-state index contributed by atoms with van der Waals surface area (Å²) in [6.07, 6.45) is 0. The Balaban J connectivity index is 1.89. The van der Waals surface area contributed by atoms with E-state index in [9.17, 15) is 0 Å². The highest BCUT2D eigenvalue weighted by Gasteiger charge is 2.10. The number of benzene rings is 1. The summed E-state index contributed by atoms with van der Waals surface area (Å²) in [6, 6.07) is 10.3. The van der Waals surface area contributed by atoms with Crippen molar-refractivity contribution in [2.75, 3.05) is 27.7 Å². The summed E-state index contributed by atoms with van der Waals surface area (Å²) in [4.78, 5) is 6.51. The van der Waals surface area contributed by atoms with Crippen molar-refractivity contribution in [3.8, 4) is 5.75 Å². The van der Waals surface area contributed by atoms with Gasteiger partial charge >= 0.3 is 0 Å². The van der Waals surface area contributed by atoms with Crippen LogP contribution in [0.1, 0.15) is 24.0 Å².